The Hall–Kier alpha value is -1.64. The van der Waals surface area contributed by atoms with E-state index in [0.29, 0.717) is 0 Å². The van der Waals surface area contributed by atoms with Crippen molar-refractivity contribution in [1.29, 1.82) is 0 Å². The quantitative estimate of drug-likeness (QED) is 0.693. The Bertz CT molecular complexity index is 597. The number of fused-ring (bicyclic) bond motifs is 1. The number of benzene rings is 1. The van der Waals surface area contributed by atoms with Gasteiger partial charge >= 0.3 is 11.9 Å². The predicted octanol–water partition coefficient (Wildman–Crippen LogP) is 2.40. The maximum absolute atomic E-state index is 10.9. The lowest BCUT2D eigenvalue weighted by Crippen LogP contribution is -2.19. The average molecular weight is 342 g/mol. The molecule has 8 heteroatoms. The van der Waals surface area contributed by atoms with Crippen LogP contribution in [0, 0.1) is 5.92 Å². The highest BCUT2D eigenvalue weighted by atomic mass is 32.2. The molecule has 0 saturated carbocycles. The van der Waals surface area contributed by atoms with Gasteiger partial charge in [0.05, 0.1) is 22.6 Å². The van der Waals surface area contributed by atoms with Crippen molar-refractivity contribution in [3.63, 3.8) is 0 Å². The van der Waals surface area contributed by atoms with E-state index >= 15 is 0 Å². The molecule has 0 radical (unpaired) electrons. The molecule has 3 N–H and O–H groups in total. The molecule has 1 aromatic carbocycles. The summed E-state index contributed by atoms with van der Waals surface area (Å²) in [6.45, 7) is 0. The van der Waals surface area contributed by atoms with E-state index in [4.69, 9.17) is 10.2 Å². The molecule has 2 aromatic rings. The second kappa shape index (κ2) is 9.39. The summed E-state index contributed by atoms with van der Waals surface area (Å²) < 4.78 is 1.80. The number of carboxylic acid groups (broad SMARTS) is 2. The van der Waals surface area contributed by atoms with Gasteiger partial charge in [-0.2, -0.15) is 0 Å². The molecule has 0 aliphatic heterocycles. The van der Waals surface area contributed by atoms with E-state index in [1.165, 1.54) is 23.1 Å². The first kappa shape index (κ1) is 18.4. The third-order valence-corrected chi connectivity index (χ3v) is 4.79. The van der Waals surface area contributed by atoms with Gasteiger partial charge in [-0.25, -0.2) is 4.98 Å². The molecule has 1 heterocycles. The fourth-order valence-corrected chi connectivity index (χ4v) is 3.69. The third kappa shape index (κ3) is 6.00. The molecule has 2 rings (SSSR count). The second-order valence-electron chi connectivity index (χ2n) is 4.39. The third-order valence-electron chi connectivity index (χ3n) is 2.45. The van der Waals surface area contributed by atoms with Crippen molar-refractivity contribution >= 4 is 45.3 Å². The fraction of sp³-hybridized carbons (Fsp3) is 0.357. The summed E-state index contributed by atoms with van der Waals surface area (Å²) in [4.78, 5) is 25.9. The summed E-state index contributed by atoms with van der Waals surface area (Å²) in [5, 5.41) is 20.4. The SMILES string of the molecule is CNC.O=C(O)CC(CSc1nc2ccccc2s1)C(=O)O. The Kier molecular flexibility index (Phi) is 7.86. The molecule has 0 amide bonds. The number of thioether (sulfide) groups is 1. The summed E-state index contributed by atoms with van der Waals surface area (Å²) in [6.07, 6.45) is -0.368. The summed E-state index contributed by atoms with van der Waals surface area (Å²) in [6, 6.07) is 7.64. The van der Waals surface area contributed by atoms with Gasteiger partial charge < -0.3 is 15.5 Å². The molecular weight excluding hydrogens is 324 g/mol. The molecule has 6 nitrogen and oxygen atoms in total. The van der Waals surface area contributed by atoms with Crippen LogP contribution in [0.2, 0.25) is 0 Å². The van der Waals surface area contributed by atoms with E-state index in [-0.39, 0.29) is 12.2 Å². The number of rotatable bonds is 6. The Morgan fingerprint density at radius 1 is 1.32 bits per heavy atom. The van der Waals surface area contributed by atoms with Crippen LogP contribution in [0.5, 0.6) is 0 Å². The Labute approximate surface area is 136 Å². The van der Waals surface area contributed by atoms with E-state index < -0.39 is 17.9 Å². The lowest BCUT2D eigenvalue weighted by molar-refractivity contribution is -0.147. The van der Waals surface area contributed by atoms with Crippen molar-refractivity contribution in [1.82, 2.24) is 10.3 Å². The number of hydrogen-bond donors (Lipinski definition) is 3. The zero-order valence-electron chi connectivity index (χ0n) is 12.3. The second-order valence-corrected chi connectivity index (χ2v) is 6.69. The van der Waals surface area contributed by atoms with Crippen LogP contribution in [0.3, 0.4) is 0 Å². The predicted molar refractivity (Wildman–Crippen MR) is 88.7 cm³/mol. The molecule has 0 aliphatic rings. The first-order valence-electron chi connectivity index (χ1n) is 6.49. The van der Waals surface area contributed by atoms with Crippen molar-refractivity contribution in [3.05, 3.63) is 24.3 Å². The molecule has 120 valence electrons. The van der Waals surface area contributed by atoms with Crippen LogP contribution >= 0.6 is 23.1 Å². The number of nitrogens with one attached hydrogen (secondary N) is 1. The zero-order valence-corrected chi connectivity index (χ0v) is 13.9. The van der Waals surface area contributed by atoms with Gasteiger partial charge in [0.2, 0.25) is 0 Å². The van der Waals surface area contributed by atoms with Crippen LogP contribution in [0.4, 0.5) is 0 Å². The van der Waals surface area contributed by atoms with E-state index in [9.17, 15) is 9.59 Å². The summed E-state index contributed by atoms with van der Waals surface area (Å²) >= 11 is 2.77. The van der Waals surface area contributed by atoms with Gasteiger partial charge in [-0.1, -0.05) is 23.9 Å². The largest absolute Gasteiger partial charge is 0.481 e. The van der Waals surface area contributed by atoms with E-state index in [2.05, 4.69) is 10.3 Å². The smallest absolute Gasteiger partial charge is 0.307 e. The highest BCUT2D eigenvalue weighted by molar-refractivity contribution is 8.01. The van der Waals surface area contributed by atoms with Gasteiger partial charge in [-0.15, -0.1) is 11.3 Å². The molecule has 22 heavy (non-hydrogen) atoms. The molecule has 0 aliphatic carbocycles. The number of para-hydroxylation sites is 1. The molecule has 0 bridgehead atoms. The molecule has 1 aromatic heterocycles. The summed E-state index contributed by atoms with van der Waals surface area (Å²) in [7, 11) is 3.75. The van der Waals surface area contributed by atoms with Crippen molar-refractivity contribution in [2.75, 3.05) is 19.8 Å². The van der Waals surface area contributed by atoms with Gasteiger partial charge in [-0.3, -0.25) is 9.59 Å². The van der Waals surface area contributed by atoms with E-state index in [1.807, 2.05) is 38.4 Å². The Morgan fingerprint density at radius 2 is 1.95 bits per heavy atom. The normalized spacial score (nSPS) is 11.5. The number of aromatic nitrogens is 1. The standard InChI is InChI=1S/C12H11NO4S2.C2H7N/c14-10(15)5-7(11(16)17)6-18-12-13-8-3-1-2-4-9(8)19-12;1-3-2/h1-4,7H,5-6H2,(H,14,15)(H,16,17);3H,1-2H3. The minimum Gasteiger partial charge on any atom is -0.481 e. The monoisotopic (exact) mass is 342 g/mol. The number of hydrogen-bond acceptors (Lipinski definition) is 6. The highest BCUT2D eigenvalue weighted by Gasteiger charge is 2.21. The van der Waals surface area contributed by atoms with Crippen LogP contribution in [-0.2, 0) is 9.59 Å². The minimum atomic E-state index is -1.10. The van der Waals surface area contributed by atoms with Crippen LogP contribution in [-0.4, -0.2) is 47.0 Å². The Morgan fingerprint density at radius 3 is 2.50 bits per heavy atom. The van der Waals surface area contributed by atoms with Gasteiger partial charge in [0, 0.05) is 5.75 Å². The van der Waals surface area contributed by atoms with Crippen molar-refractivity contribution in [2.45, 2.75) is 10.8 Å². The molecule has 0 spiro atoms. The van der Waals surface area contributed by atoms with Gasteiger partial charge in [0.1, 0.15) is 0 Å². The summed E-state index contributed by atoms with van der Waals surface area (Å²) in [5.41, 5.74) is 0.875. The topological polar surface area (TPSA) is 99.5 Å². The summed E-state index contributed by atoms with van der Waals surface area (Å²) in [5.74, 6) is -2.87. The van der Waals surface area contributed by atoms with Crippen LogP contribution < -0.4 is 5.32 Å². The van der Waals surface area contributed by atoms with E-state index in [1.54, 1.807) is 0 Å². The first-order chi connectivity index (χ1) is 10.5. The average Bonchev–Trinajstić information content (AvgIpc) is 2.86. The maximum Gasteiger partial charge on any atom is 0.307 e. The van der Waals surface area contributed by atoms with Crippen LogP contribution in [0.25, 0.3) is 10.2 Å². The number of aliphatic carboxylic acids is 2. The number of carboxylic acids is 2. The van der Waals surface area contributed by atoms with Gasteiger partial charge in [0.25, 0.3) is 0 Å². The van der Waals surface area contributed by atoms with Crippen molar-refractivity contribution < 1.29 is 19.8 Å². The molecule has 1 unspecified atom stereocenters. The van der Waals surface area contributed by atoms with E-state index in [0.717, 1.165) is 14.6 Å². The van der Waals surface area contributed by atoms with Crippen LogP contribution in [0.15, 0.2) is 28.6 Å². The fourth-order valence-electron chi connectivity index (χ4n) is 1.51. The van der Waals surface area contributed by atoms with Crippen molar-refractivity contribution in [2.24, 2.45) is 5.92 Å². The molecule has 1 atom stereocenters. The number of carbonyl (C=O) groups is 2. The number of thiazole rings is 1. The zero-order chi connectivity index (χ0) is 16.5. The molecule has 0 fully saturated rings. The maximum atomic E-state index is 10.9. The minimum absolute atomic E-state index is 0.210. The lowest BCUT2D eigenvalue weighted by Gasteiger charge is -2.07. The van der Waals surface area contributed by atoms with Crippen molar-refractivity contribution in [3.8, 4) is 0 Å². The highest BCUT2D eigenvalue weighted by Crippen LogP contribution is 2.30. The van der Waals surface area contributed by atoms with Crippen LogP contribution in [0.1, 0.15) is 6.42 Å². The number of nitrogens with zero attached hydrogens (tertiary/aromatic N) is 1. The van der Waals surface area contributed by atoms with Gasteiger partial charge in [-0.05, 0) is 26.2 Å². The molecular formula is C14H18N2O4S2. The lowest BCUT2D eigenvalue weighted by atomic mass is 10.1. The first-order valence-corrected chi connectivity index (χ1v) is 8.29. The molecule has 0 saturated heterocycles. The Balaban J connectivity index is 0.000000745. The van der Waals surface area contributed by atoms with Gasteiger partial charge in [0.15, 0.2) is 4.34 Å².